The summed E-state index contributed by atoms with van der Waals surface area (Å²) < 4.78 is 1.13. The number of hydrogen-bond donors (Lipinski definition) is 1. The lowest BCUT2D eigenvalue weighted by molar-refractivity contribution is 0.630. The number of rotatable bonds is 4. The van der Waals surface area contributed by atoms with Gasteiger partial charge < -0.3 is 5.32 Å². The van der Waals surface area contributed by atoms with Crippen LogP contribution >= 0.6 is 39.0 Å². The lowest BCUT2D eigenvalue weighted by Gasteiger charge is -2.05. The van der Waals surface area contributed by atoms with Crippen LogP contribution in [-0.4, -0.2) is 11.5 Å². The van der Waals surface area contributed by atoms with Gasteiger partial charge in [-0.3, -0.25) is 0 Å². The molecule has 0 bridgehead atoms. The molecule has 1 aliphatic heterocycles. The Morgan fingerprint density at radius 1 is 1.37 bits per heavy atom. The van der Waals surface area contributed by atoms with Gasteiger partial charge >= 0.3 is 0 Å². The first-order valence-corrected chi connectivity index (χ1v) is 9.03. The summed E-state index contributed by atoms with van der Waals surface area (Å²) >= 11 is 7.08. The zero-order valence-electron chi connectivity index (χ0n) is 10.4. The van der Waals surface area contributed by atoms with E-state index in [1.165, 1.54) is 28.4 Å². The van der Waals surface area contributed by atoms with E-state index in [1.54, 1.807) is 11.3 Å². The van der Waals surface area contributed by atoms with Crippen molar-refractivity contribution < 1.29 is 0 Å². The highest BCUT2D eigenvalue weighted by Gasteiger charge is 2.18. The van der Waals surface area contributed by atoms with Crippen LogP contribution in [0.1, 0.15) is 29.6 Å². The molecule has 100 valence electrons. The Labute approximate surface area is 130 Å². The molecular formula is C14H15BrN2S2. The van der Waals surface area contributed by atoms with Crippen LogP contribution in [0.4, 0.5) is 0 Å². The van der Waals surface area contributed by atoms with Gasteiger partial charge in [0.2, 0.25) is 0 Å². The third-order valence-corrected chi connectivity index (χ3v) is 5.76. The summed E-state index contributed by atoms with van der Waals surface area (Å²) in [7, 11) is 0. The Kier molecular flexibility index (Phi) is 4.58. The normalized spacial score (nSPS) is 18.9. The molecule has 0 aliphatic carbocycles. The van der Waals surface area contributed by atoms with E-state index in [-0.39, 0.29) is 0 Å². The first kappa shape index (κ1) is 13.6. The van der Waals surface area contributed by atoms with Gasteiger partial charge in [0.25, 0.3) is 0 Å². The number of halogens is 1. The summed E-state index contributed by atoms with van der Waals surface area (Å²) in [5, 5.41) is 6.93. The molecule has 0 amide bonds. The van der Waals surface area contributed by atoms with Crippen molar-refractivity contribution in [1.82, 2.24) is 10.3 Å². The summed E-state index contributed by atoms with van der Waals surface area (Å²) in [6.45, 7) is 1.13. The van der Waals surface area contributed by atoms with E-state index < -0.39 is 0 Å². The summed E-state index contributed by atoms with van der Waals surface area (Å²) in [5.74, 6) is 0.957. The van der Waals surface area contributed by atoms with E-state index in [4.69, 9.17) is 4.98 Å². The number of nitrogens with zero attached hydrogens (tertiary/aromatic N) is 1. The molecule has 1 aromatic carbocycles. The Morgan fingerprint density at radius 3 is 2.95 bits per heavy atom. The minimum absolute atomic E-state index is 0.489. The molecule has 3 rings (SSSR count). The SMILES string of the molecule is Brc1ccc(SCc2nc([C@@H]3CCCN3)cs2)cc1. The van der Waals surface area contributed by atoms with Crippen LogP contribution in [0.3, 0.4) is 0 Å². The number of nitrogens with one attached hydrogen (secondary N) is 1. The van der Waals surface area contributed by atoms with Crippen molar-refractivity contribution in [2.45, 2.75) is 29.5 Å². The van der Waals surface area contributed by atoms with Gasteiger partial charge in [-0.1, -0.05) is 15.9 Å². The van der Waals surface area contributed by atoms with Gasteiger partial charge in [0.05, 0.1) is 17.5 Å². The van der Waals surface area contributed by atoms with Gasteiger partial charge in [-0.15, -0.1) is 23.1 Å². The second-order valence-electron chi connectivity index (χ2n) is 4.56. The third kappa shape index (κ3) is 3.60. The maximum Gasteiger partial charge on any atom is 0.103 e. The lowest BCUT2D eigenvalue weighted by atomic mass is 10.2. The molecule has 0 saturated carbocycles. The molecule has 1 atom stereocenters. The highest BCUT2D eigenvalue weighted by atomic mass is 79.9. The highest BCUT2D eigenvalue weighted by Crippen LogP contribution is 2.29. The first-order chi connectivity index (χ1) is 9.31. The molecule has 1 fully saturated rings. The largest absolute Gasteiger partial charge is 0.309 e. The predicted octanol–water partition coefficient (Wildman–Crippen LogP) is 4.62. The molecule has 0 radical (unpaired) electrons. The maximum absolute atomic E-state index is 4.75. The fourth-order valence-electron chi connectivity index (χ4n) is 2.16. The fraction of sp³-hybridized carbons (Fsp3) is 0.357. The minimum atomic E-state index is 0.489. The van der Waals surface area contributed by atoms with Gasteiger partial charge in [0.15, 0.2) is 0 Å². The van der Waals surface area contributed by atoms with Gasteiger partial charge in [-0.25, -0.2) is 4.98 Å². The van der Waals surface area contributed by atoms with Crippen molar-refractivity contribution >= 4 is 39.0 Å². The first-order valence-electron chi connectivity index (χ1n) is 6.37. The number of hydrogen-bond acceptors (Lipinski definition) is 4. The minimum Gasteiger partial charge on any atom is -0.309 e. The Bertz CT molecular complexity index is 533. The van der Waals surface area contributed by atoms with Crippen LogP contribution in [0.5, 0.6) is 0 Å². The van der Waals surface area contributed by atoms with E-state index in [0.29, 0.717) is 6.04 Å². The molecule has 0 spiro atoms. The van der Waals surface area contributed by atoms with Crippen molar-refractivity contribution in [2.75, 3.05) is 6.54 Å². The maximum atomic E-state index is 4.75. The quantitative estimate of drug-likeness (QED) is 0.810. The van der Waals surface area contributed by atoms with Crippen LogP contribution in [0.2, 0.25) is 0 Å². The van der Waals surface area contributed by atoms with Crippen LogP contribution in [0, 0.1) is 0 Å². The van der Waals surface area contributed by atoms with E-state index in [1.807, 2.05) is 11.8 Å². The molecule has 1 aliphatic rings. The molecule has 2 nitrogen and oxygen atoms in total. The molecule has 1 aromatic heterocycles. The van der Waals surface area contributed by atoms with Crippen molar-refractivity contribution in [3.05, 3.63) is 44.8 Å². The van der Waals surface area contributed by atoms with E-state index in [2.05, 4.69) is 50.9 Å². The van der Waals surface area contributed by atoms with Gasteiger partial charge in [-0.05, 0) is 43.7 Å². The number of thiazole rings is 1. The van der Waals surface area contributed by atoms with Crippen molar-refractivity contribution in [3.63, 3.8) is 0 Å². The van der Waals surface area contributed by atoms with E-state index in [0.717, 1.165) is 16.8 Å². The van der Waals surface area contributed by atoms with E-state index >= 15 is 0 Å². The molecular weight excluding hydrogens is 340 g/mol. The predicted molar refractivity (Wildman–Crippen MR) is 85.8 cm³/mol. The van der Waals surface area contributed by atoms with Crippen LogP contribution in [0.15, 0.2) is 39.0 Å². The molecule has 1 N–H and O–H groups in total. The lowest BCUT2D eigenvalue weighted by Crippen LogP contribution is -2.13. The molecule has 19 heavy (non-hydrogen) atoms. The topological polar surface area (TPSA) is 24.9 Å². The summed E-state index contributed by atoms with van der Waals surface area (Å²) in [5.41, 5.74) is 1.23. The average molecular weight is 355 g/mol. The van der Waals surface area contributed by atoms with Crippen molar-refractivity contribution in [3.8, 4) is 0 Å². The van der Waals surface area contributed by atoms with Crippen LogP contribution < -0.4 is 5.32 Å². The zero-order chi connectivity index (χ0) is 13.1. The molecule has 5 heteroatoms. The smallest absolute Gasteiger partial charge is 0.103 e. The third-order valence-electron chi connectivity index (χ3n) is 3.16. The monoisotopic (exact) mass is 354 g/mol. The molecule has 1 saturated heterocycles. The zero-order valence-corrected chi connectivity index (χ0v) is 13.7. The molecule has 2 aromatic rings. The summed E-state index contributed by atoms with van der Waals surface area (Å²) in [6.07, 6.45) is 2.49. The Hall–Kier alpha value is -0.360. The van der Waals surface area contributed by atoms with Crippen molar-refractivity contribution in [1.29, 1.82) is 0 Å². The summed E-state index contributed by atoms with van der Waals surface area (Å²) in [6, 6.07) is 8.93. The van der Waals surface area contributed by atoms with E-state index in [9.17, 15) is 0 Å². The second kappa shape index (κ2) is 6.39. The highest BCUT2D eigenvalue weighted by molar-refractivity contribution is 9.10. The molecule has 0 unspecified atom stereocenters. The number of aromatic nitrogens is 1. The van der Waals surface area contributed by atoms with Crippen molar-refractivity contribution in [2.24, 2.45) is 0 Å². The Balaban J connectivity index is 1.59. The Morgan fingerprint density at radius 2 is 2.21 bits per heavy atom. The number of benzene rings is 1. The van der Waals surface area contributed by atoms with Crippen LogP contribution in [-0.2, 0) is 5.75 Å². The number of thioether (sulfide) groups is 1. The standard InChI is InChI=1S/C14H15BrN2S2/c15-10-3-5-11(6-4-10)18-9-14-17-13(8-19-14)12-2-1-7-16-12/h3-6,8,12,16H,1-2,7,9H2/t12-/m0/s1. The van der Waals surface area contributed by atoms with Gasteiger partial charge in [-0.2, -0.15) is 0 Å². The van der Waals surface area contributed by atoms with Gasteiger partial charge in [0.1, 0.15) is 5.01 Å². The fourth-order valence-corrected chi connectivity index (χ4v) is 4.19. The average Bonchev–Trinajstić information content (AvgIpc) is 3.09. The van der Waals surface area contributed by atoms with Gasteiger partial charge in [0, 0.05) is 14.7 Å². The summed E-state index contributed by atoms with van der Waals surface area (Å²) in [4.78, 5) is 6.04. The molecule has 2 heterocycles. The second-order valence-corrected chi connectivity index (χ2v) is 7.46. The van der Waals surface area contributed by atoms with Crippen LogP contribution in [0.25, 0.3) is 0 Å².